The van der Waals surface area contributed by atoms with Crippen LogP contribution in [0, 0.1) is 0 Å². The number of rotatable bonds is 10. The Balaban J connectivity index is 2.16. The highest BCUT2D eigenvalue weighted by Gasteiger charge is 2.62. The lowest BCUT2D eigenvalue weighted by Crippen LogP contribution is -2.71. The van der Waals surface area contributed by atoms with Crippen LogP contribution in [0.25, 0.3) is 0 Å². The molecule has 1 aliphatic heterocycles. The number of carboxylic acids is 1. The van der Waals surface area contributed by atoms with Crippen LogP contribution >= 0.6 is 0 Å². The van der Waals surface area contributed by atoms with E-state index in [2.05, 4.69) is 20.9 Å². The highest BCUT2D eigenvalue weighted by molar-refractivity contribution is 6.00. The summed E-state index contributed by atoms with van der Waals surface area (Å²) in [4.78, 5) is 82.4. The Morgan fingerprint density at radius 2 is 1.45 bits per heavy atom. The van der Waals surface area contributed by atoms with Crippen LogP contribution in [0.1, 0.15) is 30.4 Å². The topological polar surface area (TPSA) is 247 Å². The fraction of sp³-hybridized carbons (Fsp3) is 0.387. The smallest absolute Gasteiger partial charge is 0.420 e. The first-order chi connectivity index (χ1) is 23.1. The summed E-state index contributed by atoms with van der Waals surface area (Å²) < 4.78 is 45.7. The average Bonchev–Trinajstić information content (AvgIpc) is 3.03. The maximum Gasteiger partial charge on any atom is 0.420 e. The molecule has 1 heterocycles. The van der Waals surface area contributed by atoms with Crippen LogP contribution < -0.4 is 38.1 Å². The van der Waals surface area contributed by atoms with E-state index in [1.807, 2.05) is 5.32 Å². The number of hydrogen-bond donors (Lipinski definition) is 8. The van der Waals surface area contributed by atoms with Gasteiger partial charge in [-0.1, -0.05) is 60.7 Å². The van der Waals surface area contributed by atoms with Crippen molar-refractivity contribution >= 4 is 41.5 Å². The number of halogens is 3. The molecule has 1 aliphatic rings. The first-order valence-electron chi connectivity index (χ1n) is 15.0. The molecule has 2 aromatic carbocycles. The monoisotopic (exact) mass is 690 g/mol. The maximum atomic E-state index is 15.2. The maximum absolute atomic E-state index is 15.2. The Hall–Kier alpha value is -5.68. The van der Waals surface area contributed by atoms with E-state index in [0.29, 0.717) is 5.56 Å². The quantitative estimate of drug-likeness (QED) is 0.0864. The van der Waals surface area contributed by atoms with Crippen LogP contribution in [0.3, 0.4) is 0 Å². The van der Waals surface area contributed by atoms with Gasteiger partial charge in [-0.05, 0) is 24.0 Å². The van der Waals surface area contributed by atoms with Gasteiger partial charge in [0.1, 0.15) is 18.1 Å². The predicted octanol–water partition coefficient (Wildman–Crippen LogP) is -0.998. The van der Waals surface area contributed by atoms with Crippen molar-refractivity contribution in [1.29, 1.82) is 0 Å². The third-order valence-electron chi connectivity index (χ3n) is 7.46. The third-order valence-corrected chi connectivity index (χ3v) is 7.46. The van der Waals surface area contributed by atoms with Crippen LogP contribution in [0.2, 0.25) is 0 Å². The molecule has 0 spiro atoms. The second-order valence-corrected chi connectivity index (χ2v) is 11.2. The lowest BCUT2D eigenvalue weighted by molar-refractivity contribution is -0.202. The number of nitrogens with zero attached hydrogens (tertiary/aromatic N) is 1. The van der Waals surface area contributed by atoms with Gasteiger partial charge in [0.25, 0.3) is 5.91 Å². The van der Waals surface area contributed by atoms with Gasteiger partial charge in [0.05, 0.1) is 13.0 Å². The van der Waals surface area contributed by atoms with E-state index in [1.54, 1.807) is 35.6 Å². The molecule has 0 radical (unpaired) electrons. The van der Waals surface area contributed by atoms with Crippen LogP contribution in [0.15, 0.2) is 65.7 Å². The molecule has 1 fully saturated rings. The van der Waals surface area contributed by atoms with Crippen molar-refractivity contribution in [2.24, 2.45) is 16.5 Å². The second kappa shape index (κ2) is 16.9. The number of amides is 5. The van der Waals surface area contributed by atoms with Crippen molar-refractivity contribution in [3.63, 3.8) is 0 Å². The first kappa shape index (κ1) is 37.8. The van der Waals surface area contributed by atoms with Gasteiger partial charge in [0, 0.05) is 19.4 Å². The molecule has 4 atom stereocenters. The van der Waals surface area contributed by atoms with Crippen molar-refractivity contribution < 1.29 is 47.0 Å². The van der Waals surface area contributed by atoms with Gasteiger partial charge in [0.2, 0.25) is 29.2 Å². The Morgan fingerprint density at radius 3 is 2.02 bits per heavy atom. The van der Waals surface area contributed by atoms with Gasteiger partial charge < -0.3 is 43.2 Å². The fourth-order valence-corrected chi connectivity index (χ4v) is 4.99. The number of benzene rings is 2. The zero-order valence-electron chi connectivity index (χ0n) is 26.1. The molecule has 2 aromatic rings. The normalized spacial score (nSPS) is 22.6. The van der Waals surface area contributed by atoms with Crippen LogP contribution in [-0.4, -0.2) is 89.5 Å². The molecule has 0 bridgehead atoms. The summed E-state index contributed by atoms with van der Waals surface area (Å²) in [5.41, 5.74) is 7.28. The molecule has 0 unspecified atom stereocenters. The van der Waals surface area contributed by atoms with Gasteiger partial charge in [-0.2, -0.15) is 13.2 Å². The number of nitrogens with one attached hydrogen (secondary N) is 5. The molecular formula is C31H37F3N8O7. The van der Waals surface area contributed by atoms with E-state index in [1.165, 1.54) is 30.3 Å². The Labute approximate surface area is 278 Å². The standard InChI is InChI=1S/C31H37F3N8O7/c32-31(33,34)30(16-19-10-5-2-6-11-19)28(49)41-21(14-18-8-3-1-4-9-18)26(47)40-20(12-7-13-37-29(35)36)25(46)38-17-23(43)39-22(15-24(44)45)27(48)42-30/h1-6,8-11,20-22H,7,12-17H2,(H,38,46)(H,39,43)(H,40,47)(H,41,49)(H,42,48)(H,44,45)(H4,35,36,37)/t20-,21-,22-,30+/m0/s1. The van der Waals surface area contributed by atoms with Gasteiger partial charge in [-0.25, -0.2) is 0 Å². The zero-order valence-corrected chi connectivity index (χ0v) is 26.1. The molecule has 0 saturated carbocycles. The summed E-state index contributed by atoms with van der Waals surface area (Å²) in [7, 11) is 0. The Kier molecular flexibility index (Phi) is 13.1. The van der Waals surface area contributed by atoms with Gasteiger partial charge in [0.15, 0.2) is 5.96 Å². The number of carboxylic acid groups (broad SMARTS) is 1. The molecule has 15 nitrogen and oxygen atoms in total. The molecule has 10 N–H and O–H groups in total. The van der Waals surface area contributed by atoms with Crippen molar-refractivity contribution in [2.75, 3.05) is 13.1 Å². The summed E-state index contributed by atoms with van der Waals surface area (Å²) in [5, 5.41) is 19.9. The molecular weight excluding hydrogens is 653 g/mol. The molecule has 264 valence electrons. The van der Waals surface area contributed by atoms with E-state index in [4.69, 9.17) is 11.5 Å². The van der Waals surface area contributed by atoms with E-state index in [9.17, 15) is 33.9 Å². The van der Waals surface area contributed by atoms with Crippen LogP contribution in [0.4, 0.5) is 13.2 Å². The molecule has 5 amide bonds. The number of nitrogens with two attached hydrogens (primary N) is 2. The molecule has 0 aliphatic carbocycles. The molecule has 49 heavy (non-hydrogen) atoms. The molecule has 18 heteroatoms. The first-order valence-corrected chi connectivity index (χ1v) is 15.0. The van der Waals surface area contributed by atoms with Crippen LogP contribution in [-0.2, 0) is 41.6 Å². The minimum absolute atomic E-state index is 0.0326. The number of aliphatic carboxylic acids is 1. The number of alkyl halides is 3. The second-order valence-electron chi connectivity index (χ2n) is 11.2. The van der Waals surface area contributed by atoms with Crippen molar-refractivity contribution in [3.05, 3.63) is 71.8 Å². The Morgan fingerprint density at radius 1 is 0.837 bits per heavy atom. The van der Waals surface area contributed by atoms with Crippen molar-refractivity contribution in [2.45, 2.75) is 61.9 Å². The highest BCUT2D eigenvalue weighted by Crippen LogP contribution is 2.34. The minimum Gasteiger partial charge on any atom is -0.481 e. The van der Waals surface area contributed by atoms with Crippen molar-refractivity contribution in [3.8, 4) is 0 Å². The summed E-state index contributed by atoms with van der Waals surface area (Å²) in [6, 6.07) is 9.64. The van der Waals surface area contributed by atoms with Crippen LogP contribution in [0.5, 0.6) is 0 Å². The third kappa shape index (κ3) is 10.9. The van der Waals surface area contributed by atoms with E-state index in [0.717, 1.165) is 0 Å². The SMILES string of the molecule is NC(N)=NCCC[C@@H]1NC(=O)[C@H](Cc2ccccc2)NC(=O)[C@](Cc2ccccc2)(C(F)(F)F)NC(=O)[C@H](CC(=O)O)NC(=O)CNC1=O. The highest BCUT2D eigenvalue weighted by atomic mass is 19.4. The molecule has 1 saturated heterocycles. The Bertz CT molecular complexity index is 1540. The van der Waals surface area contributed by atoms with Crippen molar-refractivity contribution in [1.82, 2.24) is 26.6 Å². The number of guanidine groups is 1. The summed E-state index contributed by atoms with van der Waals surface area (Å²) in [6.45, 7) is -0.813. The van der Waals surface area contributed by atoms with E-state index < -0.39 is 84.7 Å². The number of carbonyl (C=O) groups excluding carboxylic acids is 5. The predicted molar refractivity (Wildman–Crippen MR) is 168 cm³/mol. The molecule has 0 aromatic heterocycles. The zero-order chi connectivity index (χ0) is 36.2. The fourth-order valence-electron chi connectivity index (χ4n) is 4.99. The number of aliphatic imine (C=N–C) groups is 1. The molecule has 3 rings (SSSR count). The summed E-state index contributed by atoms with van der Waals surface area (Å²) in [6.07, 6.45) is -8.19. The van der Waals surface area contributed by atoms with E-state index in [-0.39, 0.29) is 37.3 Å². The minimum atomic E-state index is -5.53. The van der Waals surface area contributed by atoms with Gasteiger partial charge >= 0.3 is 12.1 Å². The number of hydrogen-bond acceptors (Lipinski definition) is 7. The average molecular weight is 691 g/mol. The summed E-state index contributed by atoms with van der Waals surface area (Å²) >= 11 is 0. The van der Waals surface area contributed by atoms with Gasteiger partial charge in [-0.15, -0.1) is 0 Å². The lowest BCUT2D eigenvalue weighted by atomic mass is 9.87. The summed E-state index contributed by atoms with van der Waals surface area (Å²) in [5.74, 6) is -8.49. The van der Waals surface area contributed by atoms with E-state index >= 15 is 13.2 Å². The van der Waals surface area contributed by atoms with Gasteiger partial charge in [-0.3, -0.25) is 33.8 Å². The largest absolute Gasteiger partial charge is 0.481 e. The number of carbonyl (C=O) groups is 6. The lowest BCUT2D eigenvalue weighted by Gasteiger charge is -2.37.